The molecule has 0 heterocycles. The van der Waals surface area contributed by atoms with Gasteiger partial charge in [0.2, 0.25) is 8.32 Å². The molecule has 3 N–H and O–H groups in total. The van der Waals surface area contributed by atoms with Crippen molar-refractivity contribution in [2.75, 3.05) is 0 Å². The average molecular weight is 246 g/mol. The molecule has 2 aromatic rings. The van der Waals surface area contributed by atoms with E-state index in [0.717, 1.165) is 10.4 Å². The summed E-state index contributed by atoms with van der Waals surface area (Å²) in [6, 6.07) is 13.2. The van der Waals surface area contributed by atoms with Gasteiger partial charge in [0.1, 0.15) is 11.5 Å². The van der Waals surface area contributed by atoms with Crippen LogP contribution in [0.25, 0.3) is 0 Å². The molecule has 0 aliphatic rings. The molecule has 2 rings (SSSR count). The molecular weight excluding hydrogens is 232 g/mol. The van der Waals surface area contributed by atoms with Gasteiger partial charge in [0.25, 0.3) is 0 Å². The van der Waals surface area contributed by atoms with E-state index in [1.807, 2.05) is 6.55 Å². The number of benzene rings is 2. The zero-order chi connectivity index (χ0) is 12.5. The molecule has 0 radical (unpaired) electrons. The van der Waals surface area contributed by atoms with Crippen molar-refractivity contribution < 1.29 is 15.0 Å². The van der Waals surface area contributed by atoms with Crippen LogP contribution in [0, 0.1) is 0 Å². The minimum Gasteiger partial charge on any atom is -0.508 e. The summed E-state index contributed by atoms with van der Waals surface area (Å²) in [6.45, 7) is 1.81. The molecule has 0 spiro atoms. The van der Waals surface area contributed by atoms with Gasteiger partial charge < -0.3 is 15.0 Å². The Hall–Kier alpha value is -1.78. The summed E-state index contributed by atoms with van der Waals surface area (Å²) in [7, 11) is -2.72. The lowest BCUT2D eigenvalue weighted by atomic mass is 10.3. The minimum atomic E-state index is -2.72. The summed E-state index contributed by atoms with van der Waals surface area (Å²) in [4.78, 5) is 10.6. The van der Waals surface area contributed by atoms with Gasteiger partial charge in [-0.25, -0.2) is 0 Å². The molecule has 88 valence electrons. The molecule has 0 aliphatic carbocycles. The summed E-state index contributed by atoms with van der Waals surface area (Å²) in [5.41, 5.74) is 0. The number of hydrogen-bond donors (Lipinski definition) is 3. The van der Waals surface area contributed by atoms with Crippen LogP contribution in [0.1, 0.15) is 0 Å². The van der Waals surface area contributed by atoms with E-state index in [4.69, 9.17) is 0 Å². The van der Waals surface area contributed by atoms with Gasteiger partial charge in [0, 0.05) is 0 Å². The van der Waals surface area contributed by atoms with Gasteiger partial charge in [0.05, 0.1) is 0 Å². The van der Waals surface area contributed by atoms with Crippen LogP contribution in [0.5, 0.6) is 11.5 Å². The molecule has 0 aliphatic heterocycles. The summed E-state index contributed by atoms with van der Waals surface area (Å²) in [5.74, 6) is 0.369. The van der Waals surface area contributed by atoms with E-state index >= 15 is 0 Å². The quantitative estimate of drug-likeness (QED) is 0.686. The number of aromatic hydroxyl groups is 2. The summed E-state index contributed by atoms with van der Waals surface area (Å²) in [6.07, 6.45) is 0. The molecule has 17 heavy (non-hydrogen) atoms. The maximum absolute atomic E-state index is 10.6. The number of hydrogen-bond acceptors (Lipinski definition) is 3. The predicted octanol–water partition coefficient (Wildman–Crippen LogP) is 0.780. The van der Waals surface area contributed by atoms with E-state index in [0.29, 0.717) is 0 Å². The minimum absolute atomic E-state index is 0.184. The molecule has 0 atom stereocenters. The lowest BCUT2D eigenvalue weighted by Crippen LogP contribution is -2.55. The normalized spacial score (nSPS) is 11.4. The van der Waals surface area contributed by atoms with E-state index in [2.05, 4.69) is 0 Å². The van der Waals surface area contributed by atoms with Crippen molar-refractivity contribution in [2.45, 2.75) is 6.55 Å². The van der Waals surface area contributed by atoms with Crippen LogP contribution in [0.4, 0.5) is 0 Å². The van der Waals surface area contributed by atoms with Crippen molar-refractivity contribution in [3.05, 3.63) is 48.5 Å². The Balaban J connectivity index is 2.41. The third kappa shape index (κ3) is 2.32. The van der Waals surface area contributed by atoms with Crippen LogP contribution < -0.4 is 10.4 Å². The van der Waals surface area contributed by atoms with Gasteiger partial charge in [-0.15, -0.1) is 0 Å². The van der Waals surface area contributed by atoms with Crippen molar-refractivity contribution in [1.82, 2.24) is 0 Å². The van der Waals surface area contributed by atoms with Crippen LogP contribution in [0.2, 0.25) is 6.55 Å². The first-order valence-corrected chi connectivity index (χ1v) is 7.76. The highest BCUT2D eigenvalue weighted by atomic mass is 28.4. The first kappa shape index (κ1) is 11.7. The Bertz CT molecular complexity index is 456. The maximum atomic E-state index is 10.6. The van der Waals surface area contributed by atoms with Crippen LogP contribution in [0.15, 0.2) is 48.5 Å². The van der Waals surface area contributed by atoms with E-state index in [1.165, 1.54) is 0 Å². The van der Waals surface area contributed by atoms with Gasteiger partial charge in [-0.3, -0.25) is 0 Å². The van der Waals surface area contributed by atoms with Gasteiger partial charge >= 0.3 is 0 Å². The number of phenolic OH excluding ortho intramolecular Hbond substituents is 2. The van der Waals surface area contributed by atoms with Crippen LogP contribution in [-0.4, -0.2) is 23.3 Å². The van der Waals surface area contributed by atoms with Crippen LogP contribution in [0.3, 0.4) is 0 Å². The van der Waals surface area contributed by atoms with Crippen molar-refractivity contribution in [3.63, 3.8) is 0 Å². The Kier molecular flexibility index (Phi) is 2.91. The molecule has 0 saturated carbocycles. The smallest absolute Gasteiger partial charge is 0.249 e. The lowest BCUT2D eigenvalue weighted by molar-refractivity contribution is 0.475. The van der Waals surface area contributed by atoms with Gasteiger partial charge in [-0.05, 0) is 41.2 Å². The van der Waals surface area contributed by atoms with E-state index in [9.17, 15) is 15.0 Å². The van der Waals surface area contributed by atoms with E-state index in [-0.39, 0.29) is 11.5 Å². The third-order valence-electron chi connectivity index (χ3n) is 2.86. The van der Waals surface area contributed by atoms with Crippen molar-refractivity contribution in [3.8, 4) is 11.5 Å². The number of rotatable bonds is 2. The zero-order valence-electron chi connectivity index (χ0n) is 9.46. The number of phenols is 2. The average Bonchev–Trinajstić information content (AvgIpc) is 2.30. The second-order valence-corrected chi connectivity index (χ2v) is 7.47. The fourth-order valence-corrected chi connectivity index (χ4v) is 3.70. The Morgan fingerprint density at radius 3 is 1.29 bits per heavy atom. The fraction of sp³-hybridized carbons (Fsp3) is 0.0769. The van der Waals surface area contributed by atoms with Gasteiger partial charge in [-0.2, -0.15) is 0 Å². The van der Waals surface area contributed by atoms with E-state index < -0.39 is 8.32 Å². The standard InChI is InChI=1S/C13H14O3Si/c1-17(16,12-6-2-10(14)3-7-12)13-8-4-11(15)5-9-13/h2-9,14-16H,1H3. The molecule has 0 unspecified atom stereocenters. The highest BCUT2D eigenvalue weighted by Gasteiger charge is 2.29. The van der Waals surface area contributed by atoms with Gasteiger partial charge in [0.15, 0.2) is 0 Å². The summed E-state index contributed by atoms with van der Waals surface area (Å²) >= 11 is 0. The molecule has 0 bridgehead atoms. The first-order chi connectivity index (χ1) is 8.00. The molecule has 0 amide bonds. The van der Waals surface area contributed by atoms with Crippen LogP contribution >= 0.6 is 0 Å². The van der Waals surface area contributed by atoms with Crippen molar-refractivity contribution >= 4 is 18.7 Å². The second-order valence-electron chi connectivity index (χ2n) is 4.17. The van der Waals surface area contributed by atoms with Crippen LogP contribution in [-0.2, 0) is 0 Å². The van der Waals surface area contributed by atoms with Gasteiger partial charge in [-0.1, -0.05) is 24.3 Å². The van der Waals surface area contributed by atoms with Crippen molar-refractivity contribution in [2.24, 2.45) is 0 Å². The SMILES string of the molecule is C[Si](O)(c1ccc(O)cc1)c1ccc(O)cc1. The Labute approximate surface area is 101 Å². The molecule has 2 aromatic carbocycles. The predicted molar refractivity (Wildman–Crippen MR) is 69.3 cm³/mol. The van der Waals surface area contributed by atoms with Crippen molar-refractivity contribution in [1.29, 1.82) is 0 Å². The Morgan fingerprint density at radius 1 is 0.706 bits per heavy atom. The maximum Gasteiger partial charge on any atom is 0.249 e. The molecule has 3 nitrogen and oxygen atoms in total. The topological polar surface area (TPSA) is 60.7 Å². The highest BCUT2D eigenvalue weighted by Crippen LogP contribution is 2.10. The van der Waals surface area contributed by atoms with E-state index in [1.54, 1.807) is 48.5 Å². The monoisotopic (exact) mass is 246 g/mol. The Morgan fingerprint density at radius 2 is 1.00 bits per heavy atom. The third-order valence-corrected chi connectivity index (χ3v) is 5.77. The molecule has 0 saturated heterocycles. The lowest BCUT2D eigenvalue weighted by Gasteiger charge is -2.21. The largest absolute Gasteiger partial charge is 0.508 e. The first-order valence-electron chi connectivity index (χ1n) is 5.31. The second kappa shape index (κ2) is 4.23. The molecule has 0 fully saturated rings. The molecular formula is C13H14O3Si. The zero-order valence-corrected chi connectivity index (χ0v) is 10.5. The summed E-state index contributed by atoms with van der Waals surface area (Å²) in [5, 5.41) is 20.1. The summed E-state index contributed by atoms with van der Waals surface area (Å²) < 4.78 is 0. The molecule has 4 heteroatoms. The fourth-order valence-electron chi connectivity index (χ4n) is 1.74. The molecule has 0 aromatic heterocycles. The highest BCUT2D eigenvalue weighted by molar-refractivity contribution is 6.95.